The van der Waals surface area contributed by atoms with Crippen LogP contribution in [0.25, 0.3) is 0 Å². The van der Waals surface area contributed by atoms with Crippen LogP contribution in [0.15, 0.2) is 18.2 Å². The van der Waals surface area contributed by atoms with Crippen LogP contribution in [0, 0.1) is 5.82 Å². The second-order valence-electron chi connectivity index (χ2n) is 4.63. The SMILES string of the molecule is NNC(Cc1ccc(Cl)c(F)c1)C1CCCCS1. The zero-order valence-electron chi connectivity index (χ0n) is 10.2. The minimum Gasteiger partial charge on any atom is -0.271 e. The summed E-state index contributed by atoms with van der Waals surface area (Å²) in [5, 5.41) is 0.686. The highest BCUT2D eigenvalue weighted by molar-refractivity contribution is 8.00. The van der Waals surface area contributed by atoms with Gasteiger partial charge in [0.1, 0.15) is 5.82 Å². The van der Waals surface area contributed by atoms with Crippen LogP contribution in [0.2, 0.25) is 5.02 Å². The summed E-state index contributed by atoms with van der Waals surface area (Å²) in [5.74, 6) is 6.47. The molecule has 0 spiro atoms. The molecule has 5 heteroatoms. The van der Waals surface area contributed by atoms with Gasteiger partial charge in [-0.05, 0) is 42.7 Å². The number of benzene rings is 1. The lowest BCUT2D eigenvalue weighted by Gasteiger charge is -2.29. The largest absolute Gasteiger partial charge is 0.271 e. The molecule has 1 aliphatic heterocycles. The van der Waals surface area contributed by atoms with E-state index in [1.165, 1.54) is 31.1 Å². The lowest BCUT2D eigenvalue weighted by atomic mass is 10.00. The van der Waals surface area contributed by atoms with E-state index in [2.05, 4.69) is 5.43 Å². The minimum atomic E-state index is -0.360. The Hall–Kier alpha value is -0.290. The fraction of sp³-hybridized carbons (Fsp3) is 0.538. The molecule has 100 valence electrons. The van der Waals surface area contributed by atoms with Crippen LogP contribution in [-0.2, 0) is 6.42 Å². The maximum Gasteiger partial charge on any atom is 0.142 e. The van der Waals surface area contributed by atoms with Gasteiger partial charge in [-0.1, -0.05) is 24.1 Å². The summed E-state index contributed by atoms with van der Waals surface area (Å²) >= 11 is 7.64. The number of nitrogens with one attached hydrogen (secondary N) is 1. The standard InChI is InChI=1S/C13H18ClFN2S/c14-10-5-4-9(7-11(10)15)8-12(17-16)13-3-1-2-6-18-13/h4-5,7,12-13,17H,1-3,6,8,16H2. The van der Waals surface area contributed by atoms with E-state index in [0.717, 1.165) is 12.0 Å². The average molecular weight is 289 g/mol. The zero-order valence-corrected chi connectivity index (χ0v) is 11.7. The van der Waals surface area contributed by atoms with Gasteiger partial charge in [-0.3, -0.25) is 11.3 Å². The topological polar surface area (TPSA) is 38.0 Å². The third kappa shape index (κ3) is 3.60. The second-order valence-corrected chi connectivity index (χ2v) is 6.39. The first-order valence-corrected chi connectivity index (χ1v) is 7.65. The van der Waals surface area contributed by atoms with Crippen LogP contribution in [0.3, 0.4) is 0 Å². The Labute approximate surface area is 116 Å². The smallest absolute Gasteiger partial charge is 0.142 e. The lowest BCUT2D eigenvalue weighted by Crippen LogP contribution is -2.45. The molecule has 3 N–H and O–H groups in total. The van der Waals surface area contributed by atoms with Gasteiger partial charge in [0.25, 0.3) is 0 Å². The summed E-state index contributed by atoms with van der Waals surface area (Å²) in [6, 6.07) is 5.16. The molecule has 2 nitrogen and oxygen atoms in total. The molecular formula is C13H18ClFN2S. The van der Waals surface area contributed by atoms with Crippen LogP contribution >= 0.6 is 23.4 Å². The molecule has 1 aromatic carbocycles. The first-order chi connectivity index (χ1) is 8.70. The van der Waals surface area contributed by atoms with E-state index in [-0.39, 0.29) is 16.9 Å². The first kappa shape index (κ1) is 14.1. The molecular weight excluding hydrogens is 271 g/mol. The number of hydrogen-bond donors (Lipinski definition) is 2. The molecule has 0 aliphatic carbocycles. The monoisotopic (exact) mass is 288 g/mol. The Morgan fingerprint density at radius 1 is 1.50 bits per heavy atom. The third-order valence-corrected chi connectivity index (χ3v) is 5.14. The molecule has 0 radical (unpaired) electrons. The Morgan fingerprint density at radius 3 is 2.94 bits per heavy atom. The molecule has 0 bridgehead atoms. The fourth-order valence-electron chi connectivity index (χ4n) is 2.30. The molecule has 0 amide bonds. The van der Waals surface area contributed by atoms with Gasteiger partial charge < -0.3 is 0 Å². The summed E-state index contributed by atoms with van der Waals surface area (Å²) in [6.45, 7) is 0. The fourth-order valence-corrected chi connectivity index (χ4v) is 3.83. The molecule has 1 aromatic rings. The lowest BCUT2D eigenvalue weighted by molar-refractivity contribution is 0.471. The van der Waals surface area contributed by atoms with Gasteiger partial charge in [-0.25, -0.2) is 4.39 Å². The normalized spacial score (nSPS) is 21.8. The van der Waals surface area contributed by atoms with Crippen molar-refractivity contribution < 1.29 is 4.39 Å². The Balaban J connectivity index is 2.02. The van der Waals surface area contributed by atoms with Crippen molar-refractivity contribution in [3.63, 3.8) is 0 Å². The van der Waals surface area contributed by atoms with E-state index in [0.29, 0.717) is 5.25 Å². The van der Waals surface area contributed by atoms with Crippen LogP contribution in [0.4, 0.5) is 4.39 Å². The summed E-state index contributed by atoms with van der Waals surface area (Å²) in [4.78, 5) is 0. The zero-order chi connectivity index (χ0) is 13.0. The number of hydrazine groups is 1. The van der Waals surface area contributed by atoms with Crippen molar-refractivity contribution in [2.45, 2.75) is 37.0 Å². The van der Waals surface area contributed by atoms with Gasteiger partial charge in [0.05, 0.1) is 5.02 Å². The van der Waals surface area contributed by atoms with Crippen molar-refractivity contribution in [2.24, 2.45) is 5.84 Å². The first-order valence-electron chi connectivity index (χ1n) is 6.22. The Kier molecular flexibility index (Phi) is 5.30. The van der Waals surface area contributed by atoms with Gasteiger partial charge >= 0.3 is 0 Å². The summed E-state index contributed by atoms with van der Waals surface area (Å²) in [7, 11) is 0. The third-order valence-electron chi connectivity index (χ3n) is 3.32. The van der Waals surface area contributed by atoms with E-state index < -0.39 is 0 Å². The van der Waals surface area contributed by atoms with Gasteiger partial charge in [0.2, 0.25) is 0 Å². The predicted molar refractivity (Wildman–Crippen MR) is 76.3 cm³/mol. The minimum absolute atomic E-state index is 0.169. The number of halogens is 2. The van der Waals surface area contributed by atoms with E-state index >= 15 is 0 Å². The Bertz CT molecular complexity index is 397. The van der Waals surface area contributed by atoms with Crippen molar-refractivity contribution in [3.05, 3.63) is 34.6 Å². The molecule has 2 atom stereocenters. The van der Waals surface area contributed by atoms with Gasteiger partial charge in [-0.2, -0.15) is 11.8 Å². The van der Waals surface area contributed by atoms with Crippen LogP contribution in [0.5, 0.6) is 0 Å². The van der Waals surface area contributed by atoms with E-state index in [4.69, 9.17) is 17.4 Å². The number of hydrogen-bond acceptors (Lipinski definition) is 3. The maximum atomic E-state index is 13.4. The molecule has 2 rings (SSSR count). The number of thioether (sulfide) groups is 1. The molecule has 1 heterocycles. The summed E-state index contributed by atoms with van der Waals surface area (Å²) < 4.78 is 13.4. The molecule has 1 fully saturated rings. The van der Waals surface area contributed by atoms with Gasteiger partial charge in [0.15, 0.2) is 0 Å². The van der Waals surface area contributed by atoms with Crippen molar-refractivity contribution in [1.29, 1.82) is 0 Å². The highest BCUT2D eigenvalue weighted by Crippen LogP contribution is 2.29. The van der Waals surface area contributed by atoms with E-state index in [1.54, 1.807) is 6.07 Å². The van der Waals surface area contributed by atoms with Gasteiger partial charge in [0, 0.05) is 11.3 Å². The van der Waals surface area contributed by atoms with E-state index in [9.17, 15) is 4.39 Å². The van der Waals surface area contributed by atoms with Crippen LogP contribution in [-0.4, -0.2) is 17.0 Å². The summed E-state index contributed by atoms with van der Waals surface area (Å²) in [6.07, 6.45) is 4.46. The highest BCUT2D eigenvalue weighted by atomic mass is 35.5. The molecule has 1 saturated heterocycles. The molecule has 0 aromatic heterocycles. The average Bonchev–Trinajstić information content (AvgIpc) is 2.41. The van der Waals surface area contributed by atoms with Crippen molar-refractivity contribution in [3.8, 4) is 0 Å². The molecule has 2 unspecified atom stereocenters. The molecule has 0 saturated carbocycles. The number of nitrogens with two attached hydrogens (primary N) is 1. The van der Waals surface area contributed by atoms with E-state index in [1.807, 2.05) is 17.8 Å². The molecule has 1 aliphatic rings. The van der Waals surface area contributed by atoms with Crippen LogP contribution < -0.4 is 11.3 Å². The quantitative estimate of drug-likeness (QED) is 0.660. The van der Waals surface area contributed by atoms with Crippen molar-refractivity contribution in [1.82, 2.24) is 5.43 Å². The summed E-state index contributed by atoms with van der Waals surface area (Å²) in [5.41, 5.74) is 3.81. The predicted octanol–water partition coefficient (Wildman–Crippen LogP) is 3.14. The van der Waals surface area contributed by atoms with Crippen molar-refractivity contribution in [2.75, 3.05) is 5.75 Å². The second kappa shape index (κ2) is 6.75. The van der Waals surface area contributed by atoms with Crippen molar-refractivity contribution >= 4 is 23.4 Å². The maximum absolute atomic E-state index is 13.4. The Morgan fingerprint density at radius 2 is 2.33 bits per heavy atom. The van der Waals surface area contributed by atoms with Crippen LogP contribution in [0.1, 0.15) is 24.8 Å². The highest BCUT2D eigenvalue weighted by Gasteiger charge is 2.23. The number of rotatable bonds is 4. The van der Waals surface area contributed by atoms with Gasteiger partial charge in [-0.15, -0.1) is 0 Å². The molecule has 18 heavy (non-hydrogen) atoms.